The summed E-state index contributed by atoms with van der Waals surface area (Å²) in [6.07, 6.45) is 5.05. The Morgan fingerprint density at radius 3 is 2.53 bits per heavy atom. The Labute approximate surface area is 114 Å². The predicted molar refractivity (Wildman–Crippen MR) is 73.7 cm³/mol. The molecule has 0 aliphatic heterocycles. The van der Waals surface area contributed by atoms with E-state index in [-0.39, 0.29) is 12.3 Å². The second kappa shape index (κ2) is 5.72. The predicted octanol–water partition coefficient (Wildman–Crippen LogP) is 2.18. The first-order valence-corrected chi connectivity index (χ1v) is 7.23. The summed E-state index contributed by atoms with van der Waals surface area (Å²) in [5, 5.41) is 8.51. The number of amides is 1. The Hall–Kier alpha value is -1.39. The summed E-state index contributed by atoms with van der Waals surface area (Å²) >= 11 is 0. The zero-order valence-electron chi connectivity index (χ0n) is 12.1. The van der Waals surface area contributed by atoms with Gasteiger partial charge in [0.25, 0.3) is 0 Å². The van der Waals surface area contributed by atoms with E-state index in [0.717, 1.165) is 11.4 Å². The van der Waals surface area contributed by atoms with Gasteiger partial charge in [-0.1, -0.05) is 31.9 Å². The lowest BCUT2D eigenvalue weighted by atomic mass is 9.98. The van der Waals surface area contributed by atoms with Gasteiger partial charge < -0.3 is 5.73 Å². The van der Waals surface area contributed by atoms with Crippen LogP contribution in [0.5, 0.6) is 0 Å². The molecular weight excluding hydrogens is 240 g/mol. The number of hydrogen-bond donors (Lipinski definition) is 1. The van der Waals surface area contributed by atoms with Crippen LogP contribution in [0.15, 0.2) is 0 Å². The molecule has 5 nitrogen and oxygen atoms in total. The van der Waals surface area contributed by atoms with E-state index in [1.165, 1.54) is 25.7 Å². The van der Waals surface area contributed by atoms with Crippen molar-refractivity contribution in [3.63, 3.8) is 0 Å². The Morgan fingerprint density at radius 1 is 1.37 bits per heavy atom. The van der Waals surface area contributed by atoms with E-state index in [2.05, 4.69) is 31.1 Å². The number of nitrogens with two attached hydrogens (primary N) is 1. The Kier molecular flexibility index (Phi) is 4.22. The Balaban J connectivity index is 2.37. The topological polar surface area (TPSA) is 73.8 Å². The number of carbonyl (C=O) groups excluding carboxylic acids is 1. The molecule has 106 valence electrons. The summed E-state index contributed by atoms with van der Waals surface area (Å²) in [6.45, 7) is 6.52. The third-order valence-electron chi connectivity index (χ3n) is 4.24. The fourth-order valence-corrected chi connectivity index (χ4v) is 2.83. The smallest absolute Gasteiger partial charge is 0.223 e. The summed E-state index contributed by atoms with van der Waals surface area (Å²) in [6, 6.07) is 0.296. The first-order valence-electron chi connectivity index (χ1n) is 7.23. The molecule has 1 aromatic rings. The van der Waals surface area contributed by atoms with E-state index in [9.17, 15) is 4.79 Å². The fourth-order valence-electron chi connectivity index (χ4n) is 2.83. The monoisotopic (exact) mass is 264 g/mol. The molecule has 1 heterocycles. The Morgan fingerprint density at radius 2 is 2.00 bits per heavy atom. The summed E-state index contributed by atoms with van der Waals surface area (Å²) in [4.78, 5) is 11.2. The SMILES string of the molecule is CC(C)C(C)n1nnc(CC(N)=O)c1C1CCCC1. The molecule has 19 heavy (non-hydrogen) atoms. The summed E-state index contributed by atoms with van der Waals surface area (Å²) < 4.78 is 2.03. The first kappa shape index (κ1) is 14.0. The maximum Gasteiger partial charge on any atom is 0.223 e. The number of hydrogen-bond acceptors (Lipinski definition) is 3. The standard InChI is InChI=1S/C14H24N4O/c1-9(2)10(3)18-14(11-6-4-5-7-11)12(16-17-18)8-13(15)19/h9-11H,4-8H2,1-3H3,(H2,15,19). The zero-order chi connectivity index (χ0) is 14.0. The lowest BCUT2D eigenvalue weighted by molar-refractivity contribution is -0.117. The maximum atomic E-state index is 11.2. The molecule has 0 bridgehead atoms. The van der Waals surface area contributed by atoms with Crippen molar-refractivity contribution in [1.82, 2.24) is 15.0 Å². The van der Waals surface area contributed by atoms with Gasteiger partial charge in [-0.3, -0.25) is 4.79 Å². The third-order valence-corrected chi connectivity index (χ3v) is 4.24. The molecule has 1 aromatic heterocycles. The van der Waals surface area contributed by atoms with Gasteiger partial charge in [0, 0.05) is 5.92 Å². The second-order valence-electron chi connectivity index (χ2n) is 5.98. The molecule has 1 amide bonds. The zero-order valence-corrected chi connectivity index (χ0v) is 12.1. The minimum atomic E-state index is -0.330. The van der Waals surface area contributed by atoms with Crippen LogP contribution in [-0.4, -0.2) is 20.9 Å². The maximum absolute atomic E-state index is 11.2. The van der Waals surface area contributed by atoms with Crippen molar-refractivity contribution < 1.29 is 4.79 Å². The molecular formula is C14H24N4O. The highest BCUT2D eigenvalue weighted by Crippen LogP contribution is 2.37. The Bertz CT molecular complexity index is 446. The van der Waals surface area contributed by atoms with Crippen LogP contribution >= 0.6 is 0 Å². The number of primary amides is 1. The van der Waals surface area contributed by atoms with E-state index in [4.69, 9.17) is 5.73 Å². The molecule has 2 rings (SSSR count). The van der Waals surface area contributed by atoms with Gasteiger partial charge in [-0.05, 0) is 25.7 Å². The van der Waals surface area contributed by atoms with Gasteiger partial charge >= 0.3 is 0 Å². The van der Waals surface area contributed by atoms with Gasteiger partial charge in [-0.2, -0.15) is 0 Å². The van der Waals surface area contributed by atoms with Crippen LogP contribution in [0.25, 0.3) is 0 Å². The van der Waals surface area contributed by atoms with Crippen molar-refractivity contribution in [3.05, 3.63) is 11.4 Å². The van der Waals surface area contributed by atoms with Gasteiger partial charge in [-0.15, -0.1) is 5.10 Å². The lowest BCUT2D eigenvalue weighted by Gasteiger charge is -2.21. The average Bonchev–Trinajstić information content (AvgIpc) is 2.95. The van der Waals surface area contributed by atoms with Crippen LogP contribution in [0.1, 0.15) is 69.8 Å². The van der Waals surface area contributed by atoms with Crippen molar-refractivity contribution >= 4 is 5.91 Å². The van der Waals surface area contributed by atoms with Crippen molar-refractivity contribution in [2.45, 2.75) is 64.8 Å². The van der Waals surface area contributed by atoms with E-state index in [1.807, 2.05) is 4.68 Å². The molecule has 0 aromatic carbocycles. The van der Waals surface area contributed by atoms with Gasteiger partial charge in [0.2, 0.25) is 5.91 Å². The fraction of sp³-hybridized carbons (Fsp3) is 0.786. The molecule has 1 aliphatic carbocycles. The largest absolute Gasteiger partial charge is 0.369 e. The van der Waals surface area contributed by atoms with Crippen LogP contribution in [0.3, 0.4) is 0 Å². The molecule has 1 unspecified atom stereocenters. The molecule has 5 heteroatoms. The van der Waals surface area contributed by atoms with E-state index in [0.29, 0.717) is 17.9 Å². The van der Waals surface area contributed by atoms with E-state index >= 15 is 0 Å². The van der Waals surface area contributed by atoms with Crippen molar-refractivity contribution in [2.75, 3.05) is 0 Å². The van der Waals surface area contributed by atoms with Gasteiger partial charge in [0.05, 0.1) is 23.9 Å². The minimum absolute atomic E-state index is 0.205. The molecule has 1 saturated carbocycles. The molecule has 2 N–H and O–H groups in total. The van der Waals surface area contributed by atoms with Gasteiger partial charge in [0.15, 0.2) is 0 Å². The lowest BCUT2D eigenvalue weighted by Crippen LogP contribution is -2.19. The van der Waals surface area contributed by atoms with Crippen LogP contribution in [0.2, 0.25) is 0 Å². The minimum Gasteiger partial charge on any atom is -0.369 e. The number of nitrogens with zero attached hydrogens (tertiary/aromatic N) is 3. The van der Waals surface area contributed by atoms with Crippen LogP contribution < -0.4 is 5.73 Å². The highest BCUT2D eigenvalue weighted by Gasteiger charge is 2.28. The number of aromatic nitrogens is 3. The number of rotatable bonds is 5. The van der Waals surface area contributed by atoms with Crippen molar-refractivity contribution in [2.24, 2.45) is 11.7 Å². The van der Waals surface area contributed by atoms with Gasteiger partial charge in [0.1, 0.15) is 0 Å². The molecule has 1 fully saturated rings. The molecule has 1 atom stereocenters. The molecule has 0 saturated heterocycles. The highest BCUT2D eigenvalue weighted by molar-refractivity contribution is 5.76. The van der Waals surface area contributed by atoms with Crippen LogP contribution in [0, 0.1) is 5.92 Å². The van der Waals surface area contributed by atoms with E-state index in [1.54, 1.807) is 0 Å². The molecule has 0 spiro atoms. The van der Waals surface area contributed by atoms with Crippen LogP contribution in [-0.2, 0) is 11.2 Å². The molecule has 1 aliphatic rings. The normalized spacial score (nSPS) is 18.1. The van der Waals surface area contributed by atoms with Crippen LogP contribution in [0.4, 0.5) is 0 Å². The second-order valence-corrected chi connectivity index (χ2v) is 5.98. The quantitative estimate of drug-likeness (QED) is 0.885. The first-order chi connectivity index (χ1) is 9.00. The van der Waals surface area contributed by atoms with E-state index < -0.39 is 0 Å². The van der Waals surface area contributed by atoms with Crippen molar-refractivity contribution in [1.29, 1.82) is 0 Å². The summed E-state index contributed by atoms with van der Waals surface area (Å²) in [7, 11) is 0. The third kappa shape index (κ3) is 2.96. The summed E-state index contributed by atoms with van der Waals surface area (Å²) in [5.74, 6) is 0.650. The van der Waals surface area contributed by atoms with Gasteiger partial charge in [-0.25, -0.2) is 4.68 Å². The van der Waals surface area contributed by atoms with Crippen molar-refractivity contribution in [3.8, 4) is 0 Å². The highest BCUT2D eigenvalue weighted by atomic mass is 16.1. The summed E-state index contributed by atoms with van der Waals surface area (Å²) in [5.41, 5.74) is 7.26. The molecule has 0 radical (unpaired) electrons. The number of carbonyl (C=O) groups is 1. The average molecular weight is 264 g/mol.